The molecule has 0 bridgehead atoms. The van der Waals surface area contributed by atoms with E-state index in [1.165, 1.54) is 4.90 Å². The SMILES string of the molecule is CNC(C(=O)N(C)CC(=O)NCc1ccccc1)c1cnn(C)c1.Cl. The molecule has 0 aliphatic heterocycles. The third-order valence-corrected chi connectivity index (χ3v) is 3.68. The molecule has 0 saturated heterocycles. The van der Waals surface area contributed by atoms with Crippen molar-refractivity contribution >= 4 is 24.2 Å². The molecule has 0 radical (unpaired) electrons. The molecule has 0 saturated carbocycles. The molecule has 1 atom stereocenters. The maximum Gasteiger partial charge on any atom is 0.244 e. The largest absolute Gasteiger partial charge is 0.350 e. The van der Waals surface area contributed by atoms with Crippen molar-refractivity contribution in [2.45, 2.75) is 12.6 Å². The summed E-state index contributed by atoms with van der Waals surface area (Å²) in [5.74, 6) is -0.379. The Labute approximate surface area is 153 Å². The van der Waals surface area contributed by atoms with Crippen LogP contribution in [0.1, 0.15) is 17.2 Å². The third-order valence-electron chi connectivity index (χ3n) is 3.68. The molecule has 136 valence electrons. The highest BCUT2D eigenvalue weighted by Gasteiger charge is 2.24. The number of nitrogens with one attached hydrogen (secondary N) is 2. The minimum absolute atomic E-state index is 0. The summed E-state index contributed by atoms with van der Waals surface area (Å²) in [6.07, 6.45) is 3.42. The minimum Gasteiger partial charge on any atom is -0.350 e. The van der Waals surface area contributed by atoms with Crippen molar-refractivity contribution in [3.05, 3.63) is 53.9 Å². The van der Waals surface area contributed by atoms with Crippen LogP contribution < -0.4 is 10.6 Å². The molecule has 0 spiro atoms. The summed E-state index contributed by atoms with van der Waals surface area (Å²) in [5.41, 5.74) is 1.78. The molecule has 0 aliphatic rings. The molecule has 0 aliphatic carbocycles. The molecule has 2 aromatic rings. The van der Waals surface area contributed by atoms with Gasteiger partial charge < -0.3 is 15.5 Å². The number of halogens is 1. The fraction of sp³-hybridized carbons (Fsp3) is 0.353. The highest BCUT2D eigenvalue weighted by atomic mass is 35.5. The fourth-order valence-electron chi connectivity index (χ4n) is 2.39. The second kappa shape index (κ2) is 9.80. The molecule has 25 heavy (non-hydrogen) atoms. The highest BCUT2D eigenvalue weighted by Crippen LogP contribution is 2.13. The van der Waals surface area contributed by atoms with Gasteiger partial charge in [-0.2, -0.15) is 5.10 Å². The molecule has 1 aromatic carbocycles. The van der Waals surface area contributed by atoms with E-state index >= 15 is 0 Å². The molecule has 1 heterocycles. The number of hydrogen-bond donors (Lipinski definition) is 2. The van der Waals surface area contributed by atoms with Crippen LogP contribution in [0.25, 0.3) is 0 Å². The van der Waals surface area contributed by atoms with E-state index < -0.39 is 6.04 Å². The summed E-state index contributed by atoms with van der Waals surface area (Å²) < 4.78 is 1.64. The smallest absolute Gasteiger partial charge is 0.244 e. The van der Waals surface area contributed by atoms with Gasteiger partial charge in [-0.1, -0.05) is 30.3 Å². The topological polar surface area (TPSA) is 79.3 Å². The van der Waals surface area contributed by atoms with Gasteiger partial charge in [0.15, 0.2) is 0 Å². The van der Waals surface area contributed by atoms with Gasteiger partial charge in [0.1, 0.15) is 6.04 Å². The van der Waals surface area contributed by atoms with Crippen molar-refractivity contribution in [2.24, 2.45) is 7.05 Å². The van der Waals surface area contributed by atoms with Crippen LogP contribution in [0.2, 0.25) is 0 Å². The van der Waals surface area contributed by atoms with Gasteiger partial charge in [0.2, 0.25) is 11.8 Å². The average molecular weight is 366 g/mol. The molecule has 0 fully saturated rings. The van der Waals surface area contributed by atoms with Crippen LogP contribution in [0.4, 0.5) is 0 Å². The fourth-order valence-corrected chi connectivity index (χ4v) is 2.39. The van der Waals surface area contributed by atoms with Crippen LogP contribution in [0.3, 0.4) is 0 Å². The number of aryl methyl sites for hydroxylation is 1. The predicted octanol–water partition coefficient (Wildman–Crippen LogP) is 0.877. The number of aromatic nitrogens is 2. The Balaban J connectivity index is 0.00000312. The van der Waals surface area contributed by atoms with Gasteiger partial charge >= 0.3 is 0 Å². The maximum atomic E-state index is 12.5. The van der Waals surface area contributed by atoms with E-state index in [9.17, 15) is 9.59 Å². The second-order valence-electron chi connectivity index (χ2n) is 5.63. The molecular formula is C17H24ClN5O2. The normalized spacial score (nSPS) is 11.3. The Morgan fingerprint density at radius 2 is 1.96 bits per heavy atom. The molecule has 1 aromatic heterocycles. The summed E-state index contributed by atoms with van der Waals surface area (Å²) >= 11 is 0. The van der Waals surface area contributed by atoms with E-state index in [2.05, 4.69) is 15.7 Å². The molecule has 2 rings (SSSR count). The Bertz CT molecular complexity index is 689. The number of benzene rings is 1. The number of rotatable bonds is 7. The van der Waals surface area contributed by atoms with Crippen LogP contribution in [-0.2, 0) is 23.2 Å². The zero-order valence-corrected chi connectivity index (χ0v) is 15.4. The first-order valence-corrected chi connectivity index (χ1v) is 7.72. The Morgan fingerprint density at radius 3 is 2.52 bits per heavy atom. The molecule has 7 nitrogen and oxygen atoms in total. The van der Waals surface area contributed by atoms with E-state index in [0.717, 1.165) is 11.1 Å². The first kappa shape index (κ1) is 20.7. The van der Waals surface area contributed by atoms with E-state index in [1.807, 2.05) is 30.3 Å². The summed E-state index contributed by atoms with van der Waals surface area (Å²) in [7, 11) is 5.12. The quantitative estimate of drug-likeness (QED) is 0.763. The monoisotopic (exact) mass is 365 g/mol. The lowest BCUT2D eigenvalue weighted by Gasteiger charge is -2.22. The lowest BCUT2D eigenvalue weighted by atomic mass is 10.1. The molecule has 2 N–H and O–H groups in total. The van der Waals surface area contributed by atoms with Gasteiger partial charge in [-0.3, -0.25) is 14.3 Å². The number of nitrogens with zero attached hydrogens (tertiary/aromatic N) is 3. The summed E-state index contributed by atoms with van der Waals surface area (Å²) in [4.78, 5) is 26.0. The van der Waals surface area contributed by atoms with E-state index in [0.29, 0.717) is 6.54 Å². The number of amides is 2. The van der Waals surface area contributed by atoms with Crippen LogP contribution >= 0.6 is 12.4 Å². The van der Waals surface area contributed by atoms with Crippen molar-refractivity contribution in [1.82, 2.24) is 25.3 Å². The molecule has 2 amide bonds. The number of carbonyl (C=O) groups excluding carboxylic acids is 2. The molecule has 8 heteroatoms. The minimum atomic E-state index is -0.523. The number of carbonyl (C=O) groups is 2. The number of hydrogen-bond acceptors (Lipinski definition) is 4. The van der Waals surface area contributed by atoms with Crippen molar-refractivity contribution in [2.75, 3.05) is 20.6 Å². The standard InChI is InChI=1S/C17H23N5O2.ClH/c1-18-16(14-10-20-22(3)11-14)17(24)21(2)12-15(23)19-9-13-7-5-4-6-8-13;/h4-8,10-11,16,18H,9,12H2,1-3H3,(H,19,23);1H. The zero-order valence-electron chi connectivity index (χ0n) is 14.6. The van der Waals surface area contributed by atoms with Crippen LogP contribution in [0.15, 0.2) is 42.7 Å². The van der Waals surface area contributed by atoms with Crippen LogP contribution in [0.5, 0.6) is 0 Å². The van der Waals surface area contributed by atoms with Gasteiger partial charge in [-0.25, -0.2) is 0 Å². The molecule has 1 unspecified atom stereocenters. The van der Waals surface area contributed by atoms with Crippen molar-refractivity contribution in [3.8, 4) is 0 Å². The lowest BCUT2D eigenvalue weighted by molar-refractivity contribution is -0.136. The van der Waals surface area contributed by atoms with Gasteiger partial charge in [-0.05, 0) is 12.6 Å². The maximum absolute atomic E-state index is 12.5. The van der Waals surface area contributed by atoms with Gasteiger partial charge in [0.25, 0.3) is 0 Å². The first-order chi connectivity index (χ1) is 11.5. The van der Waals surface area contributed by atoms with E-state index in [4.69, 9.17) is 0 Å². The Morgan fingerprint density at radius 1 is 1.28 bits per heavy atom. The number of likely N-dealkylation sites (N-methyl/N-ethyl adjacent to an activating group) is 2. The average Bonchev–Trinajstić information content (AvgIpc) is 3.00. The van der Waals surface area contributed by atoms with Crippen LogP contribution in [0, 0.1) is 0 Å². The van der Waals surface area contributed by atoms with Crippen molar-refractivity contribution in [1.29, 1.82) is 0 Å². The van der Waals surface area contributed by atoms with E-state index in [-0.39, 0.29) is 30.8 Å². The van der Waals surface area contributed by atoms with Crippen LogP contribution in [-0.4, -0.2) is 47.1 Å². The van der Waals surface area contributed by atoms with Gasteiger partial charge in [0, 0.05) is 32.4 Å². The predicted molar refractivity (Wildman–Crippen MR) is 98.2 cm³/mol. The van der Waals surface area contributed by atoms with E-state index in [1.54, 1.807) is 38.2 Å². The summed E-state index contributed by atoms with van der Waals surface area (Å²) in [5, 5.41) is 9.86. The van der Waals surface area contributed by atoms with Crippen molar-refractivity contribution in [3.63, 3.8) is 0 Å². The van der Waals surface area contributed by atoms with Gasteiger partial charge in [0.05, 0.1) is 12.7 Å². The first-order valence-electron chi connectivity index (χ1n) is 7.72. The Hall–Kier alpha value is -2.38. The Kier molecular flexibility index (Phi) is 8.10. The lowest BCUT2D eigenvalue weighted by Crippen LogP contribution is -2.42. The van der Waals surface area contributed by atoms with Gasteiger partial charge in [-0.15, -0.1) is 12.4 Å². The summed E-state index contributed by atoms with van der Waals surface area (Å²) in [6, 6.07) is 9.12. The second-order valence-corrected chi connectivity index (χ2v) is 5.63. The summed E-state index contributed by atoms with van der Waals surface area (Å²) in [6.45, 7) is 0.448. The van der Waals surface area contributed by atoms with Crippen molar-refractivity contribution < 1.29 is 9.59 Å². The third kappa shape index (κ3) is 5.88. The zero-order chi connectivity index (χ0) is 17.5. The highest BCUT2D eigenvalue weighted by molar-refractivity contribution is 5.88. The molecular weight excluding hydrogens is 342 g/mol.